The maximum Gasteiger partial charge on any atom is 0.175 e. The van der Waals surface area contributed by atoms with Gasteiger partial charge < -0.3 is 10.4 Å². The summed E-state index contributed by atoms with van der Waals surface area (Å²) in [5.41, 5.74) is 0. The van der Waals surface area contributed by atoms with Crippen LogP contribution in [0.15, 0.2) is 34.1 Å². The molecular weight excluding hydrogens is 258 g/mol. The van der Waals surface area contributed by atoms with E-state index in [1.165, 1.54) is 18.0 Å². The summed E-state index contributed by atoms with van der Waals surface area (Å²) in [6.07, 6.45) is 0.783. The molecule has 0 bridgehead atoms. The molecule has 0 spiro atoms. The molecule has 0 aliphatic heterocycles. The van der Waals surface area contributed by atoms with Crippen LogP contribution in [-0.4, -0.2) is 45.2 Å². The quantitative estimate of drug-likeness (QED) is 0.750. The second-order valence-corrected chi connectivity index (χ2v) is 6.88. The van der Waals surface area contributed by atoms with Gasteiger partial charge in [-0.15, -0.1) is 11.8 Å². The van der Waals surface area contributed by atoms with Crippen molar-refractivity contribution in [3.63, 3.8) is 0 Å². The standard InChI is InChI=1S/C11H17NO3S2/c1-12-7-9(13)8-16-10-3-5-11(6-4-10)17(2,14)15/h3-6,9,12-13H,7-8H2,1-2H3. The van der Waals surface area contributed by atoms with E-state index < -0.39 is 15.9 Å². The van der Waals surface area contributed by atoms with Gasteiger partial charge in [-0.3, -0.25) is 0 Å². The van der Waals surface area contributed by atoms with Crippen LogP contribution in [0.1, 0.15) is 0 Å². The zero-order valence-corrected chi connectivity index (χ0v) is 11.5. The van der Waals surface area contributed by atoms with Gasteiger partial charge in [0.2, 0.25) is 0 Å². The minimum absolute atomic E-state index is 0.317. The number of benzene rings is 1. The molecule has 0 heterocycles. The first-order valence-electron chi connectivity index (χ1n) is 5.19. The van der Waals surface area contributed by atoms with E-state index in [4.69, 9.17) is 0 Å². The van der Waals surface area contributed by atoms with Crippen molar-refractivity contribution in [3.8, 4) is 0 Å². The van der Waals surface area contributed by atoms with E-state index in [9.17, 15) is 13.5 Å². The molecule has 2 N–H and O–H groups in total. The second kappa shape index (κ2) is 6.39. The van der Waals surface area contributed by atoms with Gasteiger partial charge in [0.1, 0.15) is 0 Å². The summed E-state index contributed by atoms with van der Waals surface area (Å²) in [7, 11) is -1.34. The maximum atomic E-state index is 11.2. The second-order valence-electron chi connectivity index (χ2n) is 3.77. The first-order valence-corrected chi connectivity index (χ1v) is 8.07. The molecule has 0 fully saturated rings. The molecule has 0 aromatic heterocycles. The molecule has 96 valence electrons. The van der Waals surface area contributed by atoms with Crippen molar-refractivity contribution in [2.45, 2.75) is 15.9 Å². The average Bonchev–Trinajstić information content (AvgIpc) is 2.26. The van der Waals surface area contributed by atoms with Gasteiger partial charge in [0.15, 0.2) is 9.84 Å². The van der Waals surface area contributed by atoms with Gasteiger partial charge in [0.25, 0.3) is 0 Å². The first kappa shape index (κ1) is 14.5. The topological polar surface area (TPSA) is 66.4 Å². The Bertz CT molecular complexity index is 442. The fourth-order valence-corrected chi connectivity index (χ4v) is 2.73. The smallest absolute Gasteiger partial charge is 0.175 e. The zero-order valence-electron chi connectivity index (χ0n) is 9.88. The molecule has 0 aliphatic carbocycles. The summed E-state index contributed by atoms with van der Waals surface area (Å²) >= 11 is 1.50. The monoisotopic (exact) mass is 275 g/mol. The van der Waals surface area contributed by atoms with Crippen molar-refractivity contribution in [3.05, 3.63) is 24.3 Å². The summed E-state index contributed by atoms with van der Waals surface area (Å²) in [5.74, 6) is 0.582. The first-order chi connectivity index (χ1) is 7.93. The van der Waals surface area contributed by atoms with Gasteiger partial charge in [-0.2, -0.15) is 0 Å². The van der Waals surface area contributed by atoms with E-state index in [2.05, 4.69) is 5.32 Å². The highest BCUT2D eigenvalue weighted by Crippen LogP contribution is 2.20. The van der Waals surface area contributed by atoms with E-state index in [0.717, 1.165) is 4.90 Å². The van der Waals surface area contributed by atoms with E-state index in [-0.39, 0.29) is 0 Å². The lowest BCUT2D eigenvalue weighted by Gasteiger charge is -2.09. The van der Waals surface area contributed by atoms with Crippen LogP contribution in [0.25, 0.3) is 0 Å². The van der Waals surface area contributed by atoms with E-state index in [1.54, 1.807) is 31.3 Å². The number of hydrogen-bond donors (Lipinski definition) is 2. The zero-order chi connectivity index (χ0) is 12.9. The fraction of sp³-hybridized carbons (Fsp3) is 0.455. The van der Waals surface area contributed by atoms with E-state index in [0.29, 0.717) is 17.2 Å². The molecule has 0 saturated carbocycles. The minimum atomic E-state index is -3.13. The van der Waals surface area contributed by atoms with Crippen LogP contribution in [0.3, 0.4) is 0 Å². The lowest BCUT2D eigenvalue weighted by molar-refractivity contribution is 0.199. The number of aliphatic hydroxyl groups excluding tert-OH is 1. The molecule has 4 nitrogen and oxygen atoms in total. The highest BCUT2D eigenvalue weighted by Gasteiger charge is 2.07. The van der Waals surface area contributed by atoms with Crippen LogP contribution in [0.5, 0.6) is 0 Å². The van der Waals surface area contributed by atoms with E-state index in [1.807, 2.05) is 0 Å². The Morgan fingerprint density at radius 2 is 1.94 bits per heavy atom. The summed E-state index contributed by atoms with van der Waals surface area (Å²) in [6, 6.07) is 6.69. The van der Waals surface area contributed by atoms with E-state index >= 15 is 0 Å². The summed E-state index contributed by atoms with van der Waals surface area (Å²) in [5, 5.41) is 12.4. The van der Waals surface area contributed by atoms with Gasteiger partial charge in [-0.25, -0.2) is 8.42 Å². The van der Waals surface area contributed by atoms with Crippen LogP contribution >= 0.6 is 11.8 Å². The Morgan fingerprint density at radius 3 is 2.41 bits per heavy atom. The van der Waals surface area contributed by atoms with Gasteiger partial charge in [-0.1, -0.05) is 0 Å². The number of aliphatic hydroxyl groups is 1. The number of likely N-dealkylation sites (N-methyl/N-ethyl adjacent to an activating group) is 1. The Kier molecular flexibility index (Phi) is 5.45. The summed E-state index contributed by atoms with van der Waals surface area (Å²) < 4.78 is 22.5. The molecule has 17 heavy (non-hydrogen) atoms. The lowest BCUT2D eigenvalue weighted by Crippen LogP contribution is -2.25. The molecule has 6 heteroatoms. The van der Waals surface area contributed by atoms with Gasteiger partial charge in [0.05, 0.1) is 11.0 Å². The summed E-state index contributed by atoms with van der Waals surface area (Å²) in [6.45, 7) is 0.550. The normalized spacial score (nSPS) is 13.6. The number of thioether (sulfide) groups is 1. The van der Waals surface area contributed by atoms with Crippen LogP contribution in [-0.2, 0) is 9.84 Å². The molecule has 1 unspecified atom stereocenters. The van der Waals surface area contributed by atoms with Crippen molar-refractivity contribution >= 4 is 21.6 Å². The van der Waals surface area contributed by atoms with Gasteiger partial charge >= 0.3 is 0 Å². The highest BCUT2D eigenvalue weighted by atomic mass is 32.2. The van der Waals surface area contributed by atoms with Crippen LogP contribution in [0.2, 0.25) is 0 Å². The van der Waals surface area contributed by atoms with Crippen molar-refractivity contribution in [2.75, 3.05) is 25.6 Å². The number of nitrogens with one attached hydrogen (secondary N) is 1. The fourth-order valence-electron chi connectivity index (χ4n) is 1.27. The van der Waals surface area contributed by atoms with Crippen molar-refractivity contribution in [1.29, 1.82) is 0 Å². The SMILES string of the molecule is CNCC(O)CSc1ccc(S(C)(=O)=O)cc1. The van der Waals surface area contributed by atoms with Crippen LogP contribution in [0.4, 0.5) is 0 Å². The molecular formula is C11H17NO3S2. The molecule has 0 amide bonds. The largest absolute Gasteiger partial charge is 0.391 e. The Balaban J connectivity index is 2.57. The minimum Gasteiger partial charge on any atom is -0.391 e. The molecule has 0 saturated heterocycles. The van der Waals surface area contributed by atoms with Crippen molar-refractivity contribution in [2.24, 2.45) is 0 Å². The summed E-state index contributed by atoms with van der Waals surface area (Å²) in [4.78, 5) is 1.27. The Morgan fingerprint density at radius 1 is 1.35 bits per heavy atom. The predicted octanol–water partition coefficient (Wildman–Crippen LogP) is 0.763. The van der Waals surface area contributed by atoms with Crippen LogP contribution in [0, 0.1) is 0 Å². The molecule has 1 aromatic carbocycles. The Hall–Kier alpha value is -0.560. The Labute approximate surface area is 106 Å². The molecule has 1 atom stereocenters. The van der Waals surface area contributed by atoms with Crippen molar-refractivity contribution < 1.29 is 13.5 Å². The maximum absolute atomic E-state index is 11.2. The molecule has 1 rings (SSSR count). The average molecular weight is 275 g/mol. The van der Waals surface area contributed by atoms with Gasteiger partial charge in [0, 0.05) is 23.4 Å². The molecule has 0 aliphatic rings. The highest BCUT2D eigenvalue weighted by molar-refractivity contribution is 7.99. The molecule has 0 radical (unpaired) electrons. The number of rotatable bonds is 6. The lowest BCUT2D eigenvalue weighted by atomic mass is 10.4. The van der Waals surface area contributed by atoms with Crippen LogP contribution < -0.4 is 5.32 Å². The number of hydrogen-bond acceptors (Lipinski definition) is 5. The third kappa shape index (κ3) is 5.08. The van der Waals surface area contributed by atoms with Gasteiger partial charge in [-0.05, 0) is 31.3 Å². The third-order valence-electron chi connectivity index (χ3n) is 2.13. The van der Waals surface area contributed by atoms with Crippen molar-refractivity contribution in [1.82, 2.24) is 5.32 Å². The predicted molar refractivity (Wildman–Crippen MR) is 70.2 cm³/mol. The third-order valence-corrected chi connectivity index (χ3v) is 4.42. The number of sulfone groups is 1. The molecule has 1 aromatic rings.